The number of likely N-dealkylation sites (tertiary alicyclic amines) is 1. The largest absolute Gasteiger partial charge is 0.493 e. The maximum absolute atomic E-state index is 12.7. The van der Waals surface area contributed by atoms with E-state index in [2.05, 4.69) is 5.32 Å². The van der Waals surface area contributed by atoms with Crippen LogP contribution in [0.5, 0.6) is 17.2 Å². The van der Waals surface area contributed by atoms with Crippen molar-refractivity contribution >= 4 is 12.0 Å². The smallest absolute Gasteiger partial charge is 0.407 e. The molecule has 0 saturated carbocycles. The maximum atomic E-state index is 12.7. The van der Waals surface area contributed by atoms with Gasteiger partial charge in [0, 0.05) is 25.8 Å². The third-order valence-corrected chi connectivity index (χ3v) is 4.44. The van der Waals surface area contributed by atoms with E-state index in [1.165, 1.54) is 38.4 Å². The molecule has 0 aliphatic carbocycles. The molecule has 0 spiro atoms. The lowest BCUT2D eigenvalue weighted by Crippen LogP contribution is -2.49. The Balaban J connectivity index is 2.23. The number of carbonyl (C=O) groups is 2. The minimum absolute atomic E-state index is 0.00550. The van der Waals surface area contributed by atoms with Gasteiger partial charge in [-0.05, 0) is 25.0 Å². The summed E-state index contributed by atoms with van der Waals surface area (Å²) in [6.07, 6.45) is -1.02. The summed E-state index contributed by atoms with van der Waals surface area (Å²) in [7, 11) is 4.32. The van der Waals surface area contributed by atoms with Crippen LogP contribution in [0.15, 0.2) is 12.1 Å². The number of carbonyl (C=O) groups excluding carboxylic acids is 1. The number of rotatable bonds is 7. The molecule has 10 nitrogen and oxygen atoms in total. The third kappa shape index (κ3) is 5.17. The van der Waals surface area contributed by atoms with Gasteiger partial charge in [-0.2, -0.15) is 0 Å². The van der Waals surface area contributed by atoms with E-state index in [1.54, 1.807) is 0 Å². The van der Waals surface area contributed by atoms with Crippen molar-refractivity contribution in [2.75, 3.05) is 41.2 Å². The van der Waals surface area contributed by atoms with Gasteiger partial charge in [-0.1, -0.05) is 0 Å². The molecule has 0 bridgehead atoms. The molecule has 10 heteroatoms. The Morgan fingerprint density at radius 3 is 2.39 bits per heavy atom. The normalized spacial score (nSPS) is 19.5. The van der Waals surface area contributed by atoms with E-state index in [0.29, 0.717) is 19.4 Å². The third-order valence-electron chi connectivity index (χ3n) is 4.44. The van der Waals surface area contributed by atoms with Crippen LogP contribution in [0.25, 0.3) is 0 Å². The molecule has 1 aromatic carbocycles. The lowest BCUT2D eigenvalue weighted by atomic mass is 10.1. The van der Waals surface area contributed by atoms with Crippen molar-refractivity contribution < 1.29 is 38.7 Å². The highest BCUT2D eigenvalue weighted by Crippen LogP contribution is 2.38. The molecule has 0 radical (unpaired) electrons. The van der Waals surface area contributed by atoms with E-state index in [1.807, 2.05) is 0 Å². The van der Waals surface area contributed by atoms with Gasteiger partial charge in [0.05, 0.1) is 26.4 Å². The van der Waals surface area contributed by atoms with Crippen LogP contribution in [0.1, 0.15) is 23.2 Å². The van der Waals surface area contributed by atoms with Gasteiger partial charge in [-0.15, -0.1) is 0 Å². The van der Waals surface area contributed by atoms with E-state index in [4.69, 9.17) is 18.9 Å². The van der Waals surface area contributed by atoms with Crippen LogP contribution in [0.2, 0.25) is 0 Å². The number of ether oxygens (including phenoxy) is 4. The maximum Gasteiger partial charge on any atom is 0.407 e. The predicted molar refractivity (Wildman–Crippen MR) is 98.1 cm³/mol. The van der Waals surface area contributed by atoms with Crippen molar-refractivity contribution in [3.8, 4) is 17.2 Å². The molecular weight excluding hydrogens is 372 g/mol. The highest BCUT2D eigenvalue weighted by Gasteiger charge is 2.30. The molecule has 2 amide bonds. The standard InChI is InChI=1S/C18H26N2O8/c1-25-10-28-16-14(26-2)7-11(8-15(16)27-3)17(22)19-12-9-20(18(23)24)6-4-5-13(12)21/h7-8,12-13,21H,4-6,9-10H2,1-3H3,(H,19,22)(H,23,24)/t12-,13-/m1/s1. The van der Waals surface area contributed by atoms with Gasteiger partial charge in [0.2, 0.25) is 5.75 Å². The van der Waals surface area contributed by atoms with Crippen LogP contribution in [0.4, 0.5) is 4.79 Å². The highest BCUT2D eigenvalue weighted by atomic mass is 16.7. The second-order valence-corrected chi connectivity index (χ2v) is 6.28. The summed E-state index contributed by atoms with van der Waals surface area (Å²) in [5.41, 5.74) is 0.219. The van der Waals surface area contributed by atoms with Gasteiger partial charge in [-0.3, -0.25) is 4.79 Å². The van der Waals surface area contributed by atoms with Gasteiger partial charge in [0.1, 0.15) is 0 Å². The quantitative estimate of drug-likeness (QED) is 0.579. The first-order chi connectivity index (χ1) is 13.4. The van der Waals surface area contributed by atoms with E-state index in [9.17, 15) is 19.8 Å². The van der Waals surface area contributed by atoms with Crippen LogP contribution in [0, 0.1) is 0 Å². The lowest BCUT2D eigenvalue weighted by Gasteiger charge is -2.25. The minimum Gasteiger partial charge on any atom is -0.493 e. The Morgan fingerprint density at radius 2 is 1.86 bits per heavy atom. The number of methoxy groups -OCH3 is 3. The summed E-state index contributed by atoms with van der Waals surface area (Å²) in [5, 5.41) is 22.2. The molecule has 0 aromatic heterocycles. The fourth-order valence-corrected chi connectivity index (χ4v) is 2.98. The summed E-state index contributed by atoms with van der Waals surface area (Å²) in [6.45, 7) is 0.287. The number of hydrogen-bond acceptors (Lipinski definition) is 7. The van der Waals surface area contributed by atoms with E-state index >= 15 is 0 Å². The fraction of sp³-hybridized carbons (Fsp3) is 0.556. The second kappa shape index (κ2) is 10.00. The molecule has 1 aliphatic rings. The Kier molecular flexibility index (Phi) is 7.70. The van der Waals surface area contributed by atoms with Crippen LogP contribution in [0.3, 0.4) is 0 Å². The average molecular weight is 398 g/mol. The monoisotopic (exact) mass is 398 g/mol. The van der Waals surface area contributed by atoms with Crippen LogP contribution < -0.4 is 19.5 Å². The Morgan fingerprint density at radius 1 is 1.21 bits per heavy atom. The zero-order chi connectivity index (χ0) is 20.7. The fourth-order valence-electron chi connectivity index (χ4n) is 2.98. The molecule has 156 valence electrons. The summed E-state index contributed by atoms with van der Waals surface area (Å²) < 4.78 is 20.9. The van der Waals surface area contributed by atoms with E-state index < -0.39 is 24.1 Å². The molecule has 3 N–H and O–H groups in total. The Hall–Kier alpha value is -2.72. The van der Waals surface area contributed by atoms with Crippen molar-refractivity contribution in [2.24, 2.45) is 0 Å². The van der Waals surface area contributed by atoms with Gasteiger partial charge in [-0.25, -0.2) is 4.79 Å². The summed E-state index contributed by atoms with van der Waals surface area (Å²) in [6, 6.07) is 2.22. The predicted octanol–water partition coefficient (Wildman–Crippen LogP) is 0.920. The zero-order valence-corrected chi connectivity index (χ0v) is 16.1. The van der Waals surface area contributed by atoms with Gasteiger partial charge >= 0.3 is 6.09 Å². The summed E-state index contributed by atoms with van der Waals surface area (Å²) in [5.74, 6) is 0.339. The molecule has 1 heterocycles. The summed E-state index contributed by atoms with van der Waals surface area (Å²) in [4.78, 5) is 25.2. The molecule has 2 atom stereocenters. The van der Waals surface area contributed by atoms with Crippen molar-refractivity contribution in [1.82, 2.24) is 10.2 Å². The SMILES string of the molecule is COCOc1c(OC)cc(C(=O)N[C@@H]2CN(C(=O)O)CCC[C@H]2O)cc1OC. The topological polar surface area (TPSA) is 127 Å². The number of amides is 2. The lowest BCUT2D eigenvalue weighted by molar-refractivity contribution is 0.0471. The van der Waals surface area contributed by atoms with E-state index in [0.717, 1.165) is 0 Å². The highest BCUT2D eigenvalue weighted by molar-refractivity contribution is 5.96. The zero-order valence-electron chi connectivity index (χ0n) is 16.1. The van der Waals surface area contributed by atoms with Crippen molar-refractivity contribution in [3.63, 3.8) is 0 Å². The Labute approximate surface area is 162 Å². The molecule has 0 unspecified atom stereocenters. The number of carboxylic acid groups (broad SMARTS) is 1. The molecule has 1 aromatic rings. The van der Waals surface area contributed by atoms with Crippen LogP contribution in [-0.4, -0.2) is 80.5 Å². The van der Waals surface area contributed by atoms with Crippen LogP contribution in [-0.2, 0) is 4.74 Å². The Bertz CT molecular complexity index is 671. The van der Waals surface area contributed by atoms with E-state index in [-0.39, 0.29) is 36.1 Å². The molecule has 1 fully saturated rings. The van der Waals surface area contributed by atoms with Crippen LogP contribution >= 0.6 is 0 Å². The first-order valence-corrected chi connectivity index (χ1v) is 8.75. The molecule has 2 rings (SSSR count). The molecular formula is C18H26N2O8. The van der Waals surface area contributed by atoms with Crippen molar-refractivity contribution in [3.05, 3.63) is 17.7 Å². The number of nitrogens with one attached hydrogen (secondary N) is 1. The second-order valence-electron chi connectivity index (χ2n) is 6.28. The molecule has 28 heavy (non-hydrogen) atoms. The first kappa shape index (κ1) is 21.6. The minimum atomic E-state index is -1.09. The van der Waals surface area contributed by atoms with Gasteiger partial charge in [0.15, 0.2) is 18.3 Å². The van der Waals surface area contributed by atoms with Crippen molar-refractivity contribution in [2.45, 2.75) is 25.0 Å². The molecule has 1 aliphatic heterocycles. The average Bonchev–Trinajstić information content (AvgIpc) is 2.87. The van der Waals surface area contributed by atoms with Crippen molar-refractivity contribution in [1.29, 1.82) is 0 Å². The number of aliphatic hydroxyl groups is 1. The summed E-state index contributed by atoms with van der Waals surface area (Å²) >= 11 is 0. The van der Waals surface area contributed by atoms with Gasteiger partial charge < -0.3 is 39.4 Å². The van der Waals surface area contributed by atoms with Gasteiger partial charge in [0.25, 0.3) is 5.91 Å². The molecule has 1 saturated heterocycles. The number of nitrogens with zero attached hydrogens (tertiary/aromatic N) is 1. The number of aliphatic hydroxyl groups excluding tert-OH is 1. The number of hydrogen-bond donors (Lipinski definition) is 3. The first-order valence-electron chi connectivity index (χ1n) is 8.75. The number of benzene rings is 1.